The van der Waals surface area contributed by atoms with E-state index in [4.69, 9.17) is 4.74 Å². The van der Waals surface area contributed by atoms with E-state index in [0.717, 1.165) is 11.0 Å². The Labute approximate surface area is 176 Å². The van der Waals surface area contributed by atoms with E-state index >= 15 is 0 Å². The molecule has 0 saturated heterocycles. The van der Waals surface area contributed by atoms with Crippen LogP contribution in [0.25, 0.3) is 5.57 Å². The third-order valence-electron chi connectivity index (χ3n) is 4.86. The second-order valence-electron chi connectivity index (χ2n) is 8.27. The maximum atomic E-state index is 13.7. The van der Waals surface area contributed by atoms with Crippen molar-refractivity contribution in [3.05, 3.63) is 58.8 Å². The average Bonchev–Trinajstić information content (AvgIpc) is 3.05. The van der Waals surface area contributed by atoms with Crippen molar-refractivity contribution in [3.8, 4) is 0 Å². The SMILES string of the molecule is CC(C)OC(O)C1=CN(C(=O)c2cccc(F)c2)CC(C)(C)c2c1n[nH]c2C(F)(F)F. The van der Waals surface area contributed by atoms with Gasteiger partial charge in [0.25, 0.3) is 5.91 Å². The normalized spacial score (nSPS) is 17.2. The first-order chi connectivity index (χ1) is 14.3. The summed E-state index contributed by atoms with van der Waals surface area (Å²) in [6.45, 7) is 6.19. The molecule has 1 atom stereocenters. The summed E-state index contributed by atoms with van der Waals surface area (Å²) >= 11 is 0. The molecule has 0 radical (unpaired) electrons. The fourth-order valence-corrected chi connectivity index (χ4v) is 3.62. The number of nitrogens with one attached hydrogen (secondary N) is 1. The van der Waals surface area contributed by atoms with E-state index in [1.54, 1.807) is 13.8 Å². The highest BCUT2D eigenvalue weighted by Gasteiger charge is 2.45. The molecule has 1 aromatic carbocycles. The molecule has 1 unspecified atom stereocenters. The molecule has 3 rings (SSSR count). The van der Waals surface area contributed by atoms with Gasteiger partial charge in [0, 0.05) is 29.3 Å². The topological polar surface area (TPSA) is 78.5 Å². The van der Waals surface area contributed by atoms with Crippen LogP contribution in [-0.4, -0.2) is 45.0 Å². The van der Waals surface area contributed by atoms with Crippen molar-refractivity contribution >= 4 is 11.5 Å². The minimum Gasteiger partial charge on any atom is -0.364 e. The van der Waals surface area contributed by atoms with E-state index in [-0.39, 0.29) is 28.9 Å². The lowest BCUT2D eigenvalue weighted by atomic mass is 9.81. The lowest BCUT2D eigenvalue weighted by Crippen LogP contribution is -2.38. The Balaban J connectivity index is 2.17. The summed E-state index contributed by atoms with van der Waals surface area (Å²) in [7, 11) is 0. The first-order valence-electron chi connectivity index (χ1n) is 9.59. The molecule has 10 heteroatoms. The van der Waals surface area contributed by atoms with Crippen molar-refractivity contribution in [2.45, 2.75) is 51.7 Å². The molecule has 0 saturated carbocycles. The molecule has 1 aliphatic rings. The molecule has 2 aromatic rings. The minimum absolute atomic E-state index is 0.0165. The second-order valence-corrected chi connectivity index (χ2v) is 8.27. The number of alkyl halides is 3. The lowest BCUT2D eigenvalue weighted by Gasteiger charge is -2.30. The molecule has 6 nitrogen and oxygen atoms in total. The molecule has 1 aliphatic heterocycles. The Hall–Kier alpha value is -2.72. The Bertz CT molecular complexity index is 1010. The minimum atomic E-state index is -4.73. The van der Waals surface area contributed by atoms with Gasteiger partial charge in [0.15, 0.2) is 6.29 Å². The van der Waals surface area contributed by atoms with Crippen molar-refractivity contribution in [2.75, 3.05) is 6.54 Å². The number of benzene rings is 1. The van der Waals surface area contributed by atoms with Crippen LogP contribution >= 0.6 is 0 Å². The molecule has 0 spiro atoms. The van der Waals surface area contributed by atoms with E-state index in [0.29, 0.717) is 0 Å². The van der Waals surface area contributed by atoms with Gasteiger partial charge in [-0.2, -0.15) is 18.3 Å². The van der Waals surface area contributed by atoms with Gasteiger partial charge in [-0.1, -0.05) is 19.9 Å². The molecule has 168 valence electrons. The fourth-order valence-electron chi connectivity index (χ4n) is 3.62. The number of ether oxygens (including phenoxy) is 1. The van der Waals surface area contributed by atoms with Crippen LogP contribution in [0.15, 0.2) is 30.5 Å². The third kappa shape index (κ3) is 4.64. The molecule has 0 bridgehead atoms. The Morgan fingerprint density at radius 2 is 2.00 bits per heavy atom. The number of H-pyrrole nitrogens is 1. The summed E-state index contributed by atoms with van der Waals surface area (Å²) in [6.07, 6.45) is -5.60. The number of aromatic amines is 1. The number of aliphatic hydroxyl groups is 1. The van der Waals surface area contributed by atoms with Crippen molar-refractivity contribution in [3.63, 3.8) is 0 Å². The summed E-state index contributed by atoms with van der Waals surface area (Å²) in [5.41, 5.74) is -2.69. The summed E-state index contributed by atoms with van der Waals surface area (Å²) in [5.74, 6) is -1.26. The van der Waals surface area contributed by atoms with Gasteiger partial charge in [0.05, 0.1) is 17.4 Å². The van der Waals surface area contributed by atoms with Gasteiger partial charge in [-0.3, -0.25) is 9.89 Å². The molecular formula is C21H23F4N3O3. The number of hydrogen-bond acceptors (Lipinski definition) is 4. The maximum absolute atomic E-state index is 13.7. The largest absolute Gasteiger partial charge is 0.433 e. The molecule has 0 aliphatic carbocycles. The van der Waals surface area contributed by atoms with Gasteiger partial charge in [-0.15, -0.1) is 0 Å². The van der Waals surface area contributed by atoms with Crippen LogP contribution in [0.4, 0.5) is 17.6 Å². The van der Waals surface area contributed by atoms with Gasteiger partial charge in [0.2, 0.25) is 0 Å². The van der Waals surface area contributed by atoms with Crippen LogP contribution in [-0.2, 0) is 16.3 Å². The average molecular weight is 441 g/mol. The quantitative estimate of drug-likeness (QED) is 0.554. The van der Waals surface area contributed by atoms with Crippen molar-refractivity contribution in [2.24, 2.45) is 0 Å². The highest BCUT2D eigenvalue weighted by Crippen LogP contribution is 2.43. The molecule has 1 amide bonds. The van der Waals surface area contributed by atoms with E-state index in [1.807, 2.05) is 5.10 Å². The Kier molecular flexibility index (Phi) is 5.98. The number of amides is 1. The van der Waals surface area contributed by atoms with Gasteiger partial charge in [0.1, 0.15) is 11.5 Å². The van der Waals surface area contributed by atoms with E-state index in [1.165, 1.54) is 38.2 Å². The van der Waals surface area contributed by atoms with Crippen LogP contribution in [0.2, 0.25) is 0 Å². The molecule has 1 aromatic heterocycles. The van der Waals surface area contributed by atoms with Gasteiger partial charge < -0.3 is 14.7 Å². The maximum Gasteiger partial charge on any atom is 0.433 e. The number of nitrogens with zero attached hydrogens (tertiary/aromatic N) is 2. The molecule has 2 N–H and O–H groups in total. The fraction of sp³-hybridized carbons (Fsp3) is 0.429. The highest BCUT2D eigenvalue weighted by molar-refractivity contribution is 5.96. The number of rotatable bonds is 4. The predicted molar refractivity (Wildman–Crippen MR) is 104 cm³/mol. The number of aromatic nitrogens is 2. The van der Waals surface area contributed by atoms with Gasteiger partial charge in [-0.25, -0.2) is 4.39 Å². The summed E-state index contributed by atoms with van der Waals surface area (Å²) in [6, 6.07) is 4.98. The van der Waals surface area contributed by atoms with Crippen LogP contribution in [0, 0.1) is 5.82 Å². The number of carbonyl (C=O) groups is 1. The number of fused-ring (bicyclic) bond motifs is 1. The second kappa shape index (κ2) is 8.08. The number of halogens is 4. The zero-order chi connectivity index (χ0) is 23.1. The number of hydrogen-bond donors (Lipinski definition) is 2. The number of carbonyl (C=O) groups excluding carboxylic acids is 1. The van der Waals surface area contributed by atoms with Crippen molar-refractivity contribution in [1.29, 1.82) is 0 Å². The van der Waals surface area contributed by atoms with Crippen molar-refractivity contribution < 1.29 is 32.2 Å². The van der Waals surface area contributed by atoms with Crippen LogP contribution in [0.3, 0.4) is 0 Å². The van der Waals surface area contributed by atoms with Gasteiger partial charge in [-0.05, 0) is 32.0 Å². The highest BCUT2D eigenvalue weighted by atomic mass is 19.4. The molecule has 0 fully saturated rings. The zero-order valence-corrected chi connectivity index (χ0v) is 17.4. The van der Waals surface area contributed by atoms with Crippen LogP contribution in [0.5, 0.6) is 0 Å². The van der Waals surface area contributed by atoms with Crippen LogP contribution < -0.4 is 0 Å². The van der Waals surface area contributed by atoms with Crippen molar-refractivity contribution in [1.82, 2.24) is 15.1 Å². The van der Waals surface area contributed by atoms with Crippen LogP contribution in [0.1, 0.15) is 55.0 Å². The summed E-state index contributed by atoms with van der Waals surface area (Å²) in [5, 5.41) is 16.4. The Morgan fingerprint density at radius 3 is 2.58 bits per heavy atom. The first-order valence-corrected chi connectivity index (χ1v) is 9.59. The standard InChI is InChI=1S/C21H23F4N3O3/c1-11(2)31-19(30)14-9-28(18(29)12-6-5-7-13(22)8-12)10-20(3,4)15-16(14)26-27-17(15)21(23,24)25/h5-9,11,19,30H,10H2,1-4H3,(H,26,27). The smallest absolute Gasteiger partial charge is 0.364 e. The first kappa shape index (κ1) is 23.0. The monoisotopic (exact) mass is 441 g/mol. The summed E-state index contributed by atoms with van der Waals surface area (Å²) < 4.78 is 60.1. The van der Waals surface area contributed by atoms with Gasteiger partial charge >= 0.3 is 6.18 Å². The number of aliphatic hydroxyl groups excluding tert-OH is 1. The van der Waals surface area contributed by atoms with E-state index in [2.05, 4.69) is 5.10 Å². The third-order valence-corrected chi connectivity index (χ3v) is 4.86. The van der Waals surface area contributed by atoms with E-state index in [9.17, 15) is 27.5 Å². The predicted octanol–water partition coefficient (Wildman–Crippen LogP) is 4.09. The Morgan fingerprint density at radius 1 is 1.32 bits per heavy atom. The zero-order valence-electron chi connectivity index (χ0n) is 17.4. The lowest BCUT2D eigenvalue weighted by molar-refractivity contribution is -0.142. The van der Waals surface area contributed by atoms with E-state index < -0.39 is 41.4 Å². The molecular weight excluding hydrogens is 418 g/mol. The molecule has 2 heterocycles. The molecule has 31 heavy (non-hydrogen) atoms. The summed E-state index contributed by atoms with van der Waals surface area (Å²) in [4.78, 5) is 14.2.